The van der Waals surface area contributed by atoms with Crippen LogP contribution < -0.4 is 5.73 Å². The van der Waals surface area contributed by atoms with Crippen molar-refractivity contribution in [3.63, 3.8) is 0 Å². The summed E-state index contributed by atoms with van der Waals surface area (Å²) in [5.74, 6) is -5.02. The maximum absolute atomic E-state index is 10.3. The monoisotopic (exact) mass is 251 g/mol. The Balaban J connectivity index is 0. The molecule has 0 saturated carbocycles. The maximum atomic E-state index is 10.3. The molecule has 0 spiro atoms. The highest BCUT2D eigenvalue weighted by molar-refractivity contribution is 5.88. The number of hydrogen-bond acceptors (Lipinski definition) is 5. The van der Waals surface area contributed by atoms with Crippen LogP contribution in [0.1, 0.15) is 26.7 Å². The third-order valence-electron chi connectivity index (χ3n) is 1.29. The third kappa shape index (κ3) is 10.6. The van der Waals surface area contributed by atoms with Crippen molar-refractivity contribution in [1.82, 2.24) is 0 Å². The Bertz CT molecular complexity index is 268. The number of hydrogen-bond donors (Lipinski definition) is 5. The number of carbonyl (C=O) groups is 3. The molecule has 0 aliphatic rings. The van der Waals surface area contributed by atoms with Crippen LogP contribution in [0.4, 0.5) is 0 Å². The van der Waals surface area contributed by atoms with Gasteiger partial charge in [0.05, 0.1) is 12.8 Å². The summed E-state index contributed by atoms with van der Waals surface area (Å²) in [6, 6.07) is 0.333. The molecule has 0 fully saturated rings. The standard InChI is InChI=1S/C6H8O7.C3H9N/c7-3(8)1-6(13,5(11)12)2-4(9)10;1-3(2)4/h13H,1-2H2,(H,7,8)(H,9,10)(H,11,12);3H,4H2,1-2H3. The summed E-state index contributed by atoms with van der Waals surface area (Å²) in [6.45, 7) is 3.89. The Morgan fingerprint density at radius 3 is 1.41 bits per heavy atom. The average molecular weight is 251 g/mol. The Morgan fingerprint density at radius 1 is 1.06 bits per heavy atom. The van der Waals surface area contributed by atoms with E-state index in [4.69, 9.17) is 26.2 Å². The normalized spacial score (nSPS) is 10.4. The number of aliphatic carboxylic acids is 3. The molecule has 0 radical (unpaired) electrons. The lowest BCUT2D eigenvalue weighted by Gasteiger charge is -2.18. The summed E-state index contributed by atoms with van der Waals surface area (Å²) in [4.78, 5) is 30.5. The third-order valence-corrected chi connectivity index (χ3v) is 1.29. The van der Waals surface area contributed by atoms with Gasteiger partial charge in [0.15, 0.2) is 5.60 Å². The smallest absolute Gasteiger partial charge is 0.336 e. The van der Waals surface area contributed by atoms with Crippen LogP contribution >= 0.6 is 0 Å². The second-order valence-corrected chi connectivity index (χ2v) is 3.72. The second kappa shape index (κ2) is 7.58. The van der Waals surface area contributed by atoms with E-state index in [1.807, 2.05) is 13.8 Å². The number of rotatable bonds is 5. The van der Waals surface area contributed by atoms with Crippen molar-refractivity contribution in [2.45, 2.75) is 38.3 Å². The van der Waals surface area contributed by atoms with E-state index in [2.05, 4.69) is 0 Å². The summed E-state index contributed by atoms with van der Waals surface area (Å²) in [6.07, 6.45) is -2.29. The molecule has 0 aromatic rings. The Hall–Kier alpha value is -1.67. The van der Waals surface area contributed by atoms with E-state index in [0.29, 0.717) is 6.04 Å². The summed E-state index contributed by atoms with van der Waals surface area (Å²) in [7, 11) is 0. The number of aliphatic hydroxyl groups is 1. The molecule has 6 N–H and O–H groups in total. The van der Waals surface area contributed by atoms with E-state index in [1.165, 1.54) is 0 Å². The predicted octanol–water partition coefficient (Wildman–Crippen LogP) is -0.895. The summed E-state index contributed by atoms with van der Waals surface area (Å²) in [5, 5.41) is 33.8. The van der Waals surface area contributed by atoms with E-state index in [0.717, 1.165) is 0 Å². The Labute approximate surface area is 97.7 Å². The molecular formula is C9H17NO7. The first-order valence-corrected chi connectivity index (χ1v) is 4.66. The summed E-state index contributed by atoms with van der Waals surface area (Å²) in [5.41, 5.74) is 2.37. The van der Waals surface area contributed by atoms with Crippen LogP contribution in [0.2, 0.25) is 0 Å². The minimum atomic E-state index is -2.74. The SMILES string of the molecule is CC(C)N.O=C(O)CC(O)(CC(=O)O)C(=O)O. The van der Waals surface area contributed by atoms with E-state index in [1.54, 1.807) is 0 Å². The lowest BCUT2D eigenvalue weighted by Crippen LogP contribution is -2.42. The second-order valence-electron chi connectivity index (χ2n) is 3.72. The minimum absolute atomic E-state index is 0.333. The largest absolute Gasteiger partial charge is 0.481 e. The molecule has 0 aromatic carbocycles. The molecule has 0 atom stereocenters. The van der Waals surface area contributed by atoms with Crippen LogP contribution in [0, 0.1) is 0 Å². The molecule has 0 aliphatic heterocycles. The molecule has 17 heavy (non-hydrogen) atoms. The Morgan fingerprint density at radius 2 is 1.29 bits per heavy atom. The van der Waals surface area contributed by atoms with E-state index < -0.39 is 36.4 Å². The van der Waals surface area contributed by atoms with Gasteiger partial charge >= 0.3 is 17.9 Å². The van der Waals surface area contributed by atoms with Gasteiger partial charge < -0.3 is 26.2 Å². The van der Waals surface area contributed by atoms with E-state index in [9.17, 15) is 14.4 Å². The predicted molar refractivity (Wildman–Crippen MR) is 56.4 cm³/mol. The van der Waals surface area contributed by atoms with E-state index in [-0.39, 0.29) is 0 Å². The molecule has 0 unspecified atom stereocenters. The topological polar surface area (TPSA) is 158 Å². The zero-order chi connectivity index (χ0) is 14.2. The highest BCUT2D eigenvalue weighted by Crippen LogP contribution is 2.15. The van der Waals surface area contributed by atoms with Crippen LogP contribution in [-0.2, 0) is 14.4 Å². The molecule has 0 saturated heterocycles. The van der Waals surface area contributed by atoms with Gasteiger partial charge in [-0.15, -0.1) is 0 Å². The molecule has 0 amide bonds. The highest BCUT2D eigenvalue weighted by atomic mass is 16.4. The fraction of sp³-hybridized carbons (Fsp3) is 0.667. The number of nitrogens with two attached hydrogens (primary N) is 1. The quantitative estimate of drug-likeness (QED) is 0.420. The first-order chi connectivity index (χ1) is 7.51. The van der Waals surface area contributed by atoms with Gasteiger partial charge in [0.1, 0.15) is 0 Å². The molecule has 0 bridgehead atoms. The molecule has 100 valence electrons. The summed E-state index contributed by atoms with van der Waals surface area (Å²) < 4.78 is 0. The van der Waals surface area contributed by atoms with Gasteiger partial charge in [0.2, 0.25) is 0 Å². The van der Waals surface area contributed by atoms with Crippen molar-refractivity contribution in [3.05, 3.63) is 0 Å². The molecule has 0 rings (SSSR count). The van der Waals surface area contributed by atoms with Crippen molar-refractivity contribution in [3.8, 4) is 0 Å². The molecule has 8 nitrogen and oxygen atoms in total. The van der Waals surface area contributed by atoms with Crippen LogP contribution in [0.25, 0.3) is 0 Å². The Kier molecular flexibility index (Phi) is 7.90. The molecule has 0 aromatic heterocycles. The summed E-state index contributed by atoms with van der Waals surface area (Å²) >= 11 is 0. The molecule has 0 aliphatic carbocycles. The van der Waals surface area contributed by atoms with Crippen LogP contribution in [0.5, 0.6) is 0 Å². The lowest BCUT2D eigenvalue weighted by molar-refractivity contribution is -0.170. The highest BCUT2D eigenvalue weighted by Gasteiger charge is 2.40. The van der Waals surface area contributed by atoms with Crippen LogP contribution in [0.15, 0.2) is 0 Å². The number of carboxylic acid groups (broad SMARTS) is 3. The van der Waals surface area contributed by atoms with Crippen molar-refractivity contribution in [2.75, 3.05) is 0 Å². The van der Waals surface area contributed by atoms with Gasteiger partial charge in [0, 0.05) is 0 Å². The molecule has 0 heterocycles. The van der Waals surface area contributed by atoms with Gasteiger partial charge in [0.25, 0.3) is 0 Å². The minimum Gasteiger partial charge on any atom is -0.481 e. The molecule has 8 heteroatoms. The van der Waals surface area contributed by atoms with Crippen molar-refractivity contribution >= 4 is 17.9 Å². The van der Waals surface area contributed by atoms with E-state index >= 15 is 0 Å². The zero-order valence-electron chi connectivity index (χ0n) is 9.58. The van der Waals surface area contributed by atoms with Crippen molar-refractivity contribution < 1.29 is 34.8 Å². The van der Waals surface area contributed by atoms with Crippen LogP contribution in [0.3, 0.4) is 0 Å². The van der Waals surface area contributed by atoms with Crippen molar-refractivity contribution in [1.29, 1.82) is 0 Å². The van der Waals surface area contributed by atoms with Gasteiger partial charge in [-0.05, 0) is 6.04 Å². The number of carboxylic acids is 3. The average Bonchev–Trinajstić information content (AvgIpc) is 1.98. The molecular weight excluding hydrogens is 234 g/mol. The van der Waals surface area contributed by atoms with Gasteiger partial charge in [-0.3, -0.25) is 9.59 Å². The van der Waals surface area contributed by atoms with Gasteiger partial charge in [-0.1, -0.05) is 13.8 Å². The fourth-order valence-electron chi connectivity index (χ4n) is 0.714. The van der Waals surface area contributed by atoms with Gasteiger partial charge in [-0.2, -0.15) is 0 Å². The fourth-order valence-corrected chi connectivity index (χ4v) is 0.714. The first kappa shape index (κ1) is 17.7. The first-order valence-electron chi connectivity index (χ1n) is 4.66. The zero-order valence-corrected chi connectivity index (χ0v) is 9.58. The van der Waals surface area contributed by atoms with Crippen molar-refractivity contribution in [2.24, 2.45) is 5.73 Å². The lowest BCUT2D eigenvalue weighted by atomic mass is 9.96. The maximum Gasteiger partial charge on any atom is 0.336 e. The van der Waals surface area contributed by atoms with Gasteiger partial charge in [-0.25, -0.2) is 4.79 Å². The van der Waals surface area contributed by atoms with Crippen LogP contribution in [-0.4, -0.2) is 50.0 Å².